The van der Waals surface area contributed by atoms with Crippen molar-refractivity contribution in [3.8, 4) is 0 Å². The van der Waals surface area contributed by atoms with Crippen molar-refractivity contribution in [2.45, 2.75) is 26.3 Å². The molecule has 2 rings (SSSR count). The lowest BCUT2D eigenvalue weighted by atomic mass is 10.2. The molecule has 94 valence electrons. The standard InChI is InChI=1S/C14H16N2O2/c1-3-11-7-8-13(18-11)14(17)16-10(2)12-6-4-5-9-15-12/h4-10H,3H2,1-2H3,(H,16,17)/t10-/m0/s1. The first-order chi connectivity index (χ1) is 8.70. The molecule has 2 aromatic heterocycles. The summed E-state index contributed by atoms with van der Waals surface area (Å²) in [6.07, 6.45) is 2.49. The molecule has 2 aromatic rings. The number of rotatable bonds is 4. The van der Waals surface area contributed by atoms with Crippen LogP contribution >= 0.6 is 0 Å². The predicted octanol–water partition coefficient (Wildman–Crippen LogP) is 2.73. The molecule has 0 aromatic carbocycles. The molecule has 0 saturated heterocycles. The maximum atomic E-state index is 11.9. The van der Waals surface area contributed by atoms with Gasteiger partial charge in [0, 0.05) is 12.6 Å². The molecule has 0 unspecified atom stereocenters. The normalized spacial score (nSPS) is 12.1. The molecule has 0 spiro atoms. The number of aromatic nitrogens is 1. The third-order valence-electron chi connectivity index (χ3n) is 2.71. The van der Waals surface area contributed by atoms with Crippen LogP contribution in [0.25, 0.3) is 0 Å². The smallest absolute Gasteiger partial charge is 0.287 e. The van der Waals surface area contributed by atoms with E-state index in [4.69, 9.17) is 4.42 Å². The van der Waals surface area contributed by atoms with Crippen LogP contribution in [0.4, 0.5) is 0 Å². The van der Waals surface area contributed by atoms with Crippen molar-refractivity contribution in [1.29, 1.82) is 0 Å². The number of hydrogen-bond donors (Lipinski definition) is 1. The average Bonchev–Trinajstić information content (AvgIpc) is 2.88. The lowest BCUT2D eigenvalue weighted by Crippen LogP contribution is -2.26. The molecule has 0 aliphatic heterocycles. The molecule has 0 bridgehead atoms. The third-order valence-corrected chi connectivity index (χ3v) is 2.71. The highest BCUT2D eigenvalue weighted by Gasteiger charge is 2.14. The molecule has 18 heavy (non-hydrogen) atoms. The lowest BCUT2D eigenvalue weighted by Gasteiger charge is -2.11. The second-order valence-electron chi connectivity index (χ2n) is 4.07. The van der Waals surface area contributed by atoms with Crippen molar-refractivity contribution < 1.29 is 9.21 Å². The summed E-state index contributed by atoms with van der Waals surface area (Å²) in [6, 6.07) is 8.99. The van der Waals surface area contributed by atoms with Crippen molar-refractivity contribution in [3.63, 3.8) is 0 Å². The largest absolute Gasteiger partial charge is 0.456 e. The molecule has 1 atom stereocenters. The first kappa shape index (κ1) is 12.4. The van der Waals surface area contributed by atoms with Gasteiger partial charge in [-0.05, 0) is 31.2 Å². The van der Waals surface area contributed by atoms with Crippen molar-refractivity contribution in [1.82, 2.24) is 10.3 Å². The van der Waals surface area contributed by atoms with Gasteiger partial charge in [-0.1, -0.05) is 13.0 Å². The summed E-state index contributed by atoms with van der Waals surface area (Å²) in [5.41, 5.74) is 0.827. The first-order valence-corrected chi connectivity index (χ1v) is 6.01. The van der Waals surface area contributed by atoms with E-state index in [1.54, 1.807) is 12.3 Å². The van der Waals surface area contributed by atoms with E-state index in [0.29, 0.717) is 5.76 Å². The van der Waals surface area contributed by atoms with Crippen LogP contribution in [0.1, 0.15) is 41.9 Å². The fourth-order valence-corrected chi connectivity index (χ4v) is 1.66. The fourth-order valence-electron chi connectivity index (χ4n) is 1.66. The van der Waals surface area contributed by atoms with Gasteiger partial charge in [0.15, 0.2) is 5.76 Å². The molecule has 0 aliphatic rings. The van der Waals surface area contributed by atoms with Crippen molar-refractivity contribution >= 4 is 5.91 Å². The van der Waals surface area contributed by atoms with Crippen LogP contribution in [0.5, 0.6) is 0 Å². The number of carbonyl (C=O) groups excluding carboxylic acids is 1. The van der Waals surface area contributed by atoms with Crippen LogP contribution in [0.3, 0.4) is 0 Å². The number of aryl methyl sites for hydroxylation is 1. The third kappa shape index (κ3) is 2.77. The Morgan fingerprint density at radius 2 is 2.22 bits per heavy atom. The summed E-state index contributed by atoms with van der Waals surface area (Å²) >= 11 is 0. The Bertz CT molecular complexity index is 520. The maximum absolute atomic E-state index is 11.9. The van der Waals surface area contributed by atoms with E-state index in [2.05, 4.69) is 10.3 Å². The molecule has 2 heterocycles. The minimum absolute atomic E-state index is 0.145. The minimum atomic E-state index is -0.215. The second kappa shape index (κ2) is 5.49. The molecule has 0 aliphatic carbocycles. The van der Waals surface area contributed by atoms with Crippen LogP contribution in [0, 0.1) is 0 Å². The molecule has 0 fully saturated rings. The van der Waals surface area contributed by atoms with E-state index in [1.807, 2.05) is 38.1 Å². The summed E-state index contributed by atoms with van der Waals surface area (Å²) in [5.74, 6) is 0.938. The highest BCUT2D eigenvalue weighted by Crippen LogP contribution is 2.12. The van der Waals surface area contributed by atoms with Gasteiger partial charge in [0.1, 0.15) is 5.76 Å². The van der Waals surface area contributed by atoms with E-state index < -0.39 is 0 Å². The number of nitrogens with zero attached hydrogens (tertiary/aromatic N) is 1. The Hall–Kier alpha value is -2.10. The highest BCUT2D eigenvalue weighted by atomic mass is 16.3. The zero-order chi connectivity index (χ0) is 13.0. The number of amides is 1. The van der Waals surface area contributed by atoms with E-state index >= 15 is 0 Å². The lowest BCUT2D eigenvalue weighted by molar-refractivity contribution is 0.0909. The number of hydrogen-bond acceptors (Lipinski definition) is 3. The van der Waals surface area contributed by atoms with Gasteiger partial charge in [-0.25, -0.2) is 0 Å². The van der Waals surface area contributed by atoms with Crippen LogP contribution in [-0.2, 0) is 6.42 Å². The van der Waals surface area contributed by atoms with Crippen molar-refractivity contribution in [3.05, 3.63) is 53.7 Å². The molecule has 1 N–H and O–H groups in total. The number of carbonyl (C=O) groups is 1. The summed E-state index contributed by atoms with van der Waals surface area (Å²) < 4.78 is 5.40. The Morgan fingerprint density at radius 1 is 1.39 bits per heavy atom. The quantitative estimate of drug-likeness (QED) is 0.899. The van der Waals surface area contributed by atoms with Crippen molar-refractivity contribution in [2.24, 2.45) is 0 Å². The Labute approximate surface area is 106 Å². The molecule has 4 nitrogen and oxygen atoms in total. The molecule has 1 amide bonds. The van der Waals surface area contributed by atoms with Gasteiger partial charge in [0.05, 0.1) is 11.7 Å². The van der Waals surface area contributed by atoms with Crippen LogP contribution in [0.15, 0.2) is 40.9 Å². The van der Waals surface area contributed by atoms with E-state index in [1.165, 1.54) is 0 Å². The maximum Gasteiger partial charge on any atom is 0.287 e. The zero-order valence-corrected chi connectivity index (χ0v) is 10.5. The van der Waals surface area contributed by atoms with E-state index in [9.17, 15) is 4.79 Å². The summed E-state index contributed by atoms with van der Waals surface area (Å²) in [6.45, 7) is 3.88. The monoisotopic (exact) mass is 244 g/mol. The summed E-state index contributed by atoms with van der Waals surface area (Å²) in [7, 11) is 0. The average molecular weight is 244 g/mol. The number of nitrogens with one attached hydrogen (secondary N) is 1. The molecular formula is C14H16N2O2. The van der Waals surface area contributed by atoms with Gasteiger partial charge < -0.3 is 9.73 Å². The highest BCUT2D eigenvalue weighted by molar-refractivity contribution is 5.91. The second-order valence-corrected chi connectivity index (χ2v) is 4.07. The minimum Gasteiger partial charge on any atom is -0.456 e. The SMILES string of the molecule is CCc1ccc(C(=O)N[C@@H](C)c2ccccn2)o1. The first-order valence-electron chi connectivity index (χ1n) is 6.01. The Kier molecular flexibility index (Phi) is 3.77. The van der Waals surface area contributed by atoms with Gasteiger partial charge in [-0.2, -0.15) is 0 Å². The van der Waals surface area contributed by atoms with E-state index in [0.717, 1.165) is 17.9 Å². The Morgan fingerprint density at radius 3 is 2.83 bits per heavy atom. The van der Waals surface area contributed by atoms with Gasteiger partial charge in [0.25, 0.3) is 5.91 Å². The molecular weight excluding hydrogens is 228 g/mol. The summed E-state index contributed by atoms with van der Waals surface area (Å²) in [4.78, 5) is 16.1. The predicted molar refractivity (Wildman–Crippen MR) is 68.2 cm³/mol. The number of furan rings is 1. The summed E-state index contributed by atoms with van der Waals surface area (Å²) in [5, 5.41) is 2.85. The van der Waals surface area contributed by atoms with Gasteiger partial charge in [-0.15, -0.1) is 0 Å². The van der Waals surface area contributed by atoms with Crippen molar-refractivity contribution in [2.75, 3.05) is 0 Å². The molecule has 4 heteroatoms. The van der Waals surface area contributed by atoms with Gasteiger partial charge in [0.2, 0.25) is 0 Å². The zero-order valence-electron chi connectivity index (χ0n) is 10.5. The van der Waals surface area contributed by atoms with Gasteiger partial charge in [-0.3, -0.25) is 9.78 Å². The van der Waals surface area contributed by atoms with Crippen LogP contribution in [-0.4, -0.2) is 10.9 Å². The van der Waals surface area contributed by atoms with Gasteiger partial charge >= 0.3 is 0 Å². The van der Waals surface area contributed by atoms with E-state index in [-0.39, 0.29) is 11.9 Å². The Balaban J connectivity index is 2.03. The fraction of sp³-hybridized carbons (Fsp3) is 0.286. The topological polar surface area (TPSA) is 55.1 Å². The van der Waals surface area contributed by atoms with Crippen LogP contribution in [0.2, 0.25) is 0 Å². The molecule has 0 saturated carbocycles. The molecule has 0 radical (unpaired) electrons. The van der Waals surface area contributed by atoms with Crippen LogP contribution < -0.4 is 5.32 Å². The number of pyridine rings is 1.